The van der Waals surface area contributed by atoms with Crippen LogP contribution in [-0.2, 0) is 6.18 Å². The Kier molecular flexibility index (Phi) is 3.55. The molecule has 3 N–H and O–H groups in total. The van der Waals surface area contributed by atoms with Crippen LogP contribution in [0, 0.1) is 0 Å². The lowest BCUT2D eigenvalue weighted by Crippen LogP contribution is -2.17. The molecule has 1 amide bonds. The lowest BCUT2D eigenvalue weighted by Gasteiger charge is -2.14. The van der Waals surface area contributed by atoms with E-state index in [-0.39, 0.29) is 16.9 Å². The summed E-state index contributed by atoms with van der Waals surface area (Å²) in [6.45, 7) is 0. The molecule has 0 saturated heterocycles. The number of carbonyl (C=O) groups excluding carboxylic acids is 1. The van der Waals surface area contributed by atoms with Crippen LogP contribution in [0.1, 0.15) is 15.9 Å². The van der Waals surface area contributed by atoms with Crippen molar-refractivity contribution in [3.05, 3.63) is 47.8 Å². The lowest BCUT2D eigenvalue weighted by atomic mass is 10.1. The standard InChI is InChI=1S/C12H9F3N4O/c13-12(14,15)9-5-8(16)1-2-10(9)19-11(20)7-3-4-17-18-6-7/h1-6H,16H2,(H,19,20). The summed E-state index contributed by atoms with van der Waals surface area (Å²) in [6.07, 6.45) is -2.20. The largest absolute Gasteiger partial charge is 0.418 e. The van der Waals surface area contributed by atoms with Gasteiger partial charge in [0.1, 0.15) is 0 Å². The molecule has 2 rings (SSSR count). The van der Waals surface area contributed by atoms with Crippen LogP contribution in [0.25, 0.3) is 0 Å². The minimum atomic E-state index is -4.62. The number of hydrogen-bond acceptors (Lipinski definition) is 4. The molecule has 5 nitrogen and oxygen atoms in total. The Labute approximate surface area is 111 Å². The first-order chi connectivity index (χ1) is 9.38. The number of nitrogens with two attached hydrogens (primary N) is 1. The van der Waals surface area contributed by atoms with Gasteiger partial charge in [-0.15, -0.1) is 0 Å². The highest BCUT2D eigenvalue weighted by Crippen LogP contribution is 2.36. The molecule has 2 aromatic rings. The Morgan fingerprint density at radius 1 is 1.20 bits per heavy atom. The molecule has 1 aromatic carbocycles. The molecule has 8 heteroatoms. The molecule has 0 radical (unpaired) electrons. The number of carbonyl (C=O) groups is 1. The van der Waals surface area contributed by atoms with Crippen LogP contribution < -0.4 is 11.1 Å². The van der Waals surface area contributed by atoms with Gasteiger partial charge in [0.25, 0.3) is 5.91 Å². The summed E-state index contributed by atoms with van der Waals surface area (Å²) < 4.78 is 38.6. The molecule has 104 valence electrons. The molecule has 0 unspecified atom stereocenters. The van der Waals surface area contributed by atoms with Crippen LogP contribution in [0.15, 0.2) is 36.7 Å². The van der Waals surface area contributed by atoms with Gasteiger partial charge in [0.15, 0.2) is 0 Å². The third-order valence-electron chi connectivity index (χ3n) is 2.44. The lowest BCUT2D eigenvalue weighted by molar-refractivity contribution is -0.136. The van der Waals surface area contributed by atoms with E-state index in [9.17, 15) is 18.0 Å². The number of halogens is 3. The monoisotopic (exact) mass is 282 g/mol. The first kappa shape index (κ1) is 13.8. The number of nitrogens with zero attached hydrogens (tertiary/aromatic N) is 2. The van der Waals surface area contributed by atoms with Crippen LogP contribution in [0.3, 0.4) is 0 Å². The number of amides is 1. The zero-order valence-corrected chi connectivity index (χ0v) is 9.98. The number of aromatic nitrogens is 2. The van der Waals surface area contributed by atoms with E-state index in [0.717, 1.165) is 18.3 Å². The van der Waals surface area contributed by atoms with Gasteiger partial charge in [0, 0.05) is 5.69 Å². The van der Waals surface area contributed by atoms with Crippen LogP contribution in [0.2, 0.25) is 0 Å². The molecule has 0 bridgehead atoms. The highest BCUT2D eigenvalue weighted by Gasteiger charge is 2.34. The smallest absolute Gasteiger partial charge is 0.399 e. The third-order valence-corrected chi connectivity index (χ3v) is 2.44. The zero-order chi connectivity index (χ0) is 14.8. The van der Waals surface area contributed by atoms with E-state index in [1.54, 1.807) is 0 Å². The summed E-state index contributed by atoms with van der Waals surface area (Å²) in [6, 6.07) is 4.48. The third kappa shape index (κ3) is 3.02. The highest BCUT2D eigenvalue weighted by atomic mass is 19.4. The fourth-order valence-corrected chi connectivity index (χ4v) is 1.52. The van der Waals surface area contributed by atoms with Gasteiger partial charge in [-0.3, -0.25) is 4.79 Å². The summed E-state index contributed by atoms with van der Waals surface area (Å²) in [5.41, 5.74) is 4.02. The molecule has 0 spiro atoms. The molecule has 0 saturated carbocycles. The molecule has 0 aliphatic heterocycles. The Bertz CT molecular complexity index is 628. The molecule has 20 heavy (non-hydrogen) atoms. The van der Waals surface area contributed by atoms with Crippen molar-refractivity contribution in [1.29, 1.82) is 0 Å². The van der Waals surface area contributed by atoms with E-state index in [2.05, 4.69) is 15.5 Å². The van der Waals surface area contributed by atoms with Gasteiger partial charge in [-0.2, -0.15) is 23.4 Å². The number of alkyl halides is 3. The second-order valence-corrected chi connectivity index (χ2v) is 3.89. The van der Waals surface area contributed by atoms with Gasteiger partial charge in [-0.1, -0.05) is 0 Å². The topological polar surface area (TPSA) is 80.9 Å². The van der Waals surface area contributed by atoms with E-state index in [1.807, 2.05) is 0 Å². The maximum absolute atomic E-state index is 12.9. The van der Waals surface area contributed by atoms with E-state index in [1.165, 1.54) is 18.3 Å². The Balaban J connectivity index is 2.33. The van der Waals surface area contributed by atoms with Crippen molar-refractivity contribution < 1.29 is 18.0 Å². The summed E-state index contributed by atoms with van der Waals surface area (Å²) in [5, 5.41) is 9.13. The van der Waals surface area contributed by atoms with Crippen molar-refractivity contribution in [3.63, 3.8) is 0 Å². The average Bonchev–Trinajstić information content (AvgIpc) is 2.40. The summed E-state index contributed by atoms with van der Waals surface area (Å²) in [7, 11) is 0. The van der Waals surface area contributed by atoms with Crippen LogP contribution >= 0.6 is 0 Å². The predicted octanol–water partition coefficient (Wildman–Crippen LogP) is 2.33. The van der Waals surface area contributed by atoms with E-state index in [0.29, 0.717) is 0 Å². The highest BCUT2D eigenvalue weighted by molar-refractivity contribution is 6.04. The first-order valence-corrected chi connectivity index (χ1v) is 5.42. The maximum Gasteiger partial charge on any atom is 0.418 e. The molecule has 0 aliphatic rings. The minimum Gasteiger partial charge on any atom is -0.399 e. The Morgan fingerprint density at radius 3 is 2.55 bits per heavy atom. The van der Waals surface area contributed by atoms with Crippen molar-refractivity contribution in [2.24, 2.45) is 0 Å². The van der Waals surface area contributed by atoms with Crippen molar-refractivity contribution >= 4 is 17.3 Å². The minimum absolute atomic E-state index is 0.0408. The second-order valence-electron chi connectivity index (χ2n) is 3.89. The van der Waals surface area contributed by atoms with Gasteiger partial charge < -0.3 is 11.1 Å². The van der Waals surface area contributed by atoms with E-state index >= 15 is 0 Å². The fourth-order valence-electron chi connectivity index (χ4n) is 1.52. The second kappa shape index (κ2) is 5.16. The van der Waals surface area contributed by atoms with E-state index in [4.69, 9.17) is 5.73 Å². The molecule has 1 aromatic heterocycles. The number of anilines is 2. The fraction of sp³-hybridized carbons (Fsp3) is 0.0833. The number of nitrogen functional groups attached to an aromatic ring is 1. The number of benzene rings is 1. The Morgan fingerprint density at radius 2 is 1.95 bits per heavy atom. The summed E-state index contributed by atoms with van der Waals surface area (Å²) in [5.74, 6) is -0.713. The quantitative estimate of drug-likeness (QED) is 0.828. The first-order valence-electron chi connectivity index (χ1n) is 5.42. The molecule has 0 aliphatic carbocycles. The zero-order valence-electron chi connectivity index (χ0n) is 9.98. The molecular formula is C12H9F3N4O. The summed E-state index contributed by atoms with van der Waals surface area (Å²) >= 11 is 0. The molecule has 0 atom stereocenters. The molecular weight excluding hydrogens is 273 g/mol. The number of hydrogen-bond donors (Lipinski definition) is 2. The number of rotatable bonds is 2. The van der Waals surface area contributed by atoms with Crippen LogP contribution in [0.5, 0.6) is 0 Å². The predicted molar refractivity (Wildman–Crippen MR) is 65.8 cm³/mol. The van der Waals surface area contributed by atoms with Crippen molar-refractivity contribution in [3.8, 4) is 0 Å². The van der Waals surface area contributed by atoms with Gasteiger partial charge in [-0.05, 0) is 24.3 Å². The van der Waals surface area contributed by atoms with Crippen molar-refractivity contribution in [1.82, 2.24) is 10.2 Å². The van der Waals surface area contributed by atoms with Gasteiger partial charge >= 0.3 is 6.18 Å². The van der Waals surface area contributed by atoms with Gasteiger partial charge in [-0.25, -0.2) is 0 Å². The normalized spacial score (nSPS) is 11.2. The summed E-state index contributed by atoms with van der Waals surface area (Å²) in [4.78, 5) is 11.8. The van der Waals surface area contributed by atoms with Gasteiger partial charge in [0.2, 0.25) is 0 Å². The van der Waals surface area contributed by atoms with Crippen LogP contribution in [0.4, 0.5) is 24.5 Å². The average molecular weight is 282 g/mol. The SMILES string of the molecule is Nc1ccc(NC(=O)c2ccnnc2)c(C(F)(F)F)c1. The van der Waals surface area contributed by atoms with Crippen molar-refractivity contribution in [2.75, 3.05) is 11.1 Å². The maximum atomic E-state index is 12.9. The van der Waals surface area contributed by atoms with Crippen LogP contribution in [-0.4, -0.2) is 16.1 Å². The molecule has 0 fully saturated rings. The van der Waals surface area contributed by atoms with Crippen molar-refractivity contribution in [2.45, 2.75) is 6.18 Å². The molecule has 1 heterocycles. The van der Waals surface area contributed by atoms with E-state index < -0.39 is 17.6 Å². The Hall–Kier alpha value is -2.64. The van der Waals surface area contributed by atoms with Gasteiger partial charge in [0.05, 0.1) is 29.2 Å². The number of nitrogens with one attached hydrogen (secondary N) is 1.